The van der Waals surface area contributed by atoms with Crippen molar-refractivity contribution >= 4 is 5.96 Å². The Labute approximate surface area is 172 Å². The Hall–Kier alpha value is -3.28. The van der Waals surface area contributed by atoms with Crippen LogP contribution in [0.5, 0.6) is 5.75 Å². The van der Waals surface area contributed by atoms with E-state index in [1.54, 1.807) is 20.4 Å². The molecule has 2 N–H and O–H groups in total. The predicted molar refractivity (Wildman–Crippen MR) is 116 cm³/mol. The van der Waals surface area contributed by atoms with Crippen LogP contribution in [0.4, 0.5) is 0 Å². The lowest BCUT2D eigenvalue weighted by Gasteiger charge is -2.18. The minimum absolute atomic E-state index is 0.268. The van der Waals surface area contributed by atoms with Crippen LogP contribution < -0.4 is 15.4 Å². The Kier molecular flexibility index (Phi) is 6.89. The summed E-state index contributed by atoms with van der Waals surface area (Å²) in [6.07, 6.45) is 1.67. The average Bonchev–Trinajstić information content (AvgIpc) is 3.23. The number of hydrogen-bond donors (Lipinski definition) is 2. The van der Waals surface area contributed by atoms with Crippen LogP contribution in [0.2, 0.25) is 0 Å². The molecule has 2 aromatic carbocycles. The zero-order valence-electron chi connectivity index (χ0n) is 17.4. The van der Waals surface area contributed by atoms with Gasteiger partial charge in [-0.15, -0.1) is 0 Å². The van der Waals surface area contributed by atoms with Gasteiger partial charge in [-0.3, -0.25) is 4.99 Å². The van der Waals surface area contributed by atoms with Crippen molar-refractivity contribution in [3.8, 4) is 17.2 Å². The van der Waals surface area contributed by atoms with E-state index in [9.17, 15) is 0 Å². The van der Waals surface area contributed by atoms with Gasteiger partial charge in [0.05, 0.1) is 19.3 Å². The second-order valence-electron chi connectivity index (χ2n) is 6.96. The Morgan fingerprint density at radius 3 is 2.62 bits per heavy atom. The highest BCUT2D eigenvalue weighted by atomic mass is 16.5. The van der Waals surface area contributed by atoms with E-state index in [0.717, 1.165) is 29.1 Å². The van der Waals surface area contributed by atoms with Gasteiger partial charge in [0.1, 0.15) is 12.0 Å². The number of para-hydroxylation sites is 1. The first-order chi connectivity index (χ1) is 14.1. The lowest BCUT2D eigenvalue weighted by atomic mass is 10.0. The molecular weight excluding hydrogens is 364 g/mol. The van der Waals surface area contributed by atoms with E-state index in [2.05, 4.69) is 40.5 Å². The minimum Gasteiger partial charge on any atom is -0.496 e. The lowest BCUT2D eigenvalue weighted by Crippen LogP contribution is -2.38. The molecule has 0 aliphatic heterocycles. The van der Waals surface area contributed by atoms with Crippen molar-refractivity contribution in [2.45, 2.75) is 26.3 Å². The summed E-state index contributed by atoms with van der Waals surface area (Å²) in [4.78, 5) is 8.84. The summed E-state index contributed by atoms with van der Waals surface area (Å²) >= 11 is 0. The van der Waals surface area contributed by atoms with Crippen LogP contribution in [-0.4, -0.2) is 31.6 Å². The summed E-state index contributed by atoms with van der Waals surface area (Å²) in [7, 11) is 3.45. The number of ether oxygens (including phenoxy) is 1. The van der Waals surface area contributed by atoms with E-state index >= 15 is 0 Å². The summed E-state index contributed by atoms with van der Waals surface area (Å²) < 4.78 is 11.1. The highest BCUT2D eigenvalue weighted by Gasteiger charge is 2.12. The van der Waals surface area contributed by atoms with Crippen LogP contribution in [0.1, 0.15) is 29.7 Å². The Morgan fingerprint density at radius 1 is 1.14 bits per heavy atom. The van der Waals surface area contributed by atoms with Gasteiger partial charge in [0, 0.05) is 25.1 Å². The molecule has 1 aromatic heterocycles. The molecule has 3 aromatic rings. The number of nitrogens with zero attached hydrogens (tertiary/aromatic N) is 2. The zero-order chi connectivity index (χ0) is 20.6. The van der Waals surface area contributed by atoms with Gasteiger partial charge in [-0.25, -0.2) is 4.98 Å². The number of hydrogen-bond acceptors (Lipinski definition) is 4. The molecule has 6 heteroatoms. The second-order valence-corrected chi connectivity index (χ2v) is 6.96. The van der Waals surface area contributed by atoms with Crippen LogP contribution >= 0.6 is 0 Å². The second kappa shape index (κ2) is 9.78. The van der Waals surface area contributed by atoms with Crippen molar-refractivity contribution in [2.75, 3.05) is 20.7 Å². The summed E-state index contributed by atoms with van der Waals surface area (Å²) in [6, 6.07) is 16.2. The third-order valence-electron chi connectivity index (χ3n) is 4.76. The number of aryl methyl sites for hydroxylation is 1. The van der Waals surface area contributed by atoms with E-state index in [-0.39, 0.29) is 5.92 Å². The molecule has 0 radical (unpaired) electrons. The van der Waals surface area contributed by atoms with Crippen molar-refractivity contribution in [1.29, 1.82) is 0 Å². The molecule has 6 nitrogen and oxygen atoms in total. The largest absolute Gasteiger partial charge is 0.496 e. The van der Waals surface area contributed by atoms with Crippen molar-refractivity contribution in [3.63, 3.8) is 0 Å². The number of aromatic nitrogens is 1. The highest BCUT2D eigenvalue weighted by molar-refractivity contribution is 5.79. The van der Waals surface area contributed by atoms with Gasteiger partial charge in [-0.2, -0.15) is 0 Å². The van der Waals surface area contributed by atoms with Crippen LogP contribution in [0.25, 0.3) is 11.5 Å². The van der Waals surface area contributed by atoms with Gasteiger partial charge >= 0.3 is 0 Å². The summed E-state index contributed by atoms with van der Waals surface area (Å²) in [5, 5.41) is 6.64. The Morgan fingerprint density at radius 2 is 1.90 bits per heavy atom. The first-order valence-electron chi connectivity index (χ1n) is 9.69. The molecule has 0 saturated carbocycles. The van der Waals surface area contributed by atoms with E-state index < -0.39 is 0 Å². The molecule has 0 saturated heterocycles. The van der Waals surface area contributed by atoms with Crippen molar-refractivity contribution in [1.82, 2.24) is 15.6 Å². The van der Waals surface area contributed by atoms with E-state index in [1.807, 2.05) is 42.5 Å². The fourth-order valence-electron chi connectivity index (χ4n) is 3.05. The van der Waals surface area contributed by atoms with Crippen LogP contribution in [0.3, 0.4) is 0 Å². The Balaban J connectivity index is 1.54. The monoisotopic (exact) mass is 392 g/mol. The number of aliphatic imine (C=N–C) groups is 1. The van der Waals surface area contributed by atoms with E-state index in [4.69, 9.17) is 9.15 Å². The summed E-state index contributed by atoms with van der Waals surface area (Å²) in [5.41, 5.74) is 4.16. The fourth-order valence-corrected chi connectivity index (χ4v) is 3.05. The molecule has 29 heavy (non-hydrogen) atoms. The molecule has 0 fully saturated rings. The third kappa shape index (κ3) is 5.38. The number of oxazole rings is 1. The first kappa shape index (κ1) is 20.5. The smallest absolute Gasteiger partial charge is 0.226 e. The molecule has 0 aliphatic carbocycles. The van der Waals surface area contributed by atoms with Gasteiger partial charge in [0.25, 0.3) is 0 Å². The van der Waals surface area contributed by atoms with Gasteiger partial charge in [-0.05, 0) is 30.7 Å². The molecule has 1 unspecified atom stereocenters. The summed E-state index contributed by atoms with van der Waals surface area (Å²) in [6.45, 7) is 5.47. The molecule has 0 aliphatic rings. The molecule has 0 bridgehead atoms. The number of benzene rings is 2. The molecule has 1 heterocycles. The minimum atomic E-state index is 0.268. The van der Waals surface area contributed by atoms with Gasteiger partial charge in [0.15, 0.2) is 5.96 Å². The highest BCUT2D eigenvalue weighted by Crippen LogP contribution is 2.25. The van der Waals surface area contributed by atoms with Crippen LogP contribution in [0, 0.1) is 6.92 Å². The summed E-state index contributed by atoms with van der Waals surface area (Å²) in [5.74, 6) is 2.50. The number of nitrogens with one attached hydrogen (secondary N) is 2. The molecule has 0 spiro atoms. The molecule has 1 atom stereocenters. The SMILES string of the molecule is CN=C(NCc1coc(-c2ccc(C)cc2)n1)NCC(C)c1ccccc1OC. The Bertz CT molecular complexity index is 948. The maximum Gasteiger partial charge on any atom is 0.226 e. The number of guanidine groups is 1. The van der Waals surface area contributed by atoms with Crippen molar-refractivity contribution in [3.05, 3.63) is 71.6 Å². The number of methoxy groups -OCH3 is 1. The maximum atomic E-state index is 5.61. The van der Waals surface area contributed by atoms with Crippen LogP contribution in [0.15, 0.2) is 64.2 Å². The van der Waals surface area contributed by atoms with Crippen LogP contribution in [-0.2, 0) is 6.54 Å². The first-order valence-corrected chi connectivity index (χ1v) is 9.69. The van der Waals surface area contributed by atoms with Gasteiger partial charge in [0.2, 0.25) is 5.89 Å². The van der Waals surface area contributed by atoms with E-state index in [1.165, 1.54) is 5.56 Å². The lowest BCUT2D eigenvalue weighted by molar-refractivity contribution is 0.406. The van der Waals surface area contributed by atoms with Gasteiger partial charge < -0.3 is 19.8 Å². The topological polar surface area (TPSA) is 71.7 Å². The van der Waals surface area contributed by atoms with Gasteiger partial charge in [-0.1, -0.05) is 42.8 Å². The average molecular weight is 393 g/mol. The van der Waals surface area contributed by atoms with E-state index in [0.29, 0.717) is 18.4 Å². The van der Waals surface area contributed by atoms with Crippen molar-refractivity contribution < 1.29 is 9.15 Å². The fraction of sp³-hybridized carbons (Fsp3) is 0.304. The standard InChI is InChI=1S/C23H28N4O2/c1-16-9-11-18(12-10-16)22-27-19(15-29-22)14-26-23(24-3)25-13-17(2)20-7-5-6-8-21(20)28-4/h5-12,15,17H,13-14H2,1-4H3,(H2,24,25,26). The molecule has 152 valence electrons. The van der Waals surface area contributed by atoms with Crippen molar-refractivity contribution in [2.24, 2.45) is 4.99 Å². The molecular formula is C23H28N4O2. The quantitative estimate of drug-likeness (QED) is 0.467. The maximum absolute atomic E-state index is 5.61. The number of rotatable bonds is 7. The predicted octanol–water partition coefficient (Wildman–Crippen LogP) is 4.13. The molecule has 3 rings (SSSR count). The normalized spacial score (nSPS) is 12.5. The zero-order valence-corrected chi connectivity index (χ0v) is 17.4. The molecule has 0 amide bonds. The third-order valence-corrected chi connectivity index (χ3v) is 4.76.